The summed E-state index contributed by atoms with van der Waals surface area (Å²) in [6.07, 6.45) is -0.0349. The zero-order chi connectivity index (χ0) is 15.4. The third kappa shape index (κ3) is 4.99. The van der Waals surface area contributed by atoms with Crippen molar-refractivity contribution >= 4 is 0 Å². The highest BCUT2D eigenvalue weighted by molar-refractivity contribution is 5.33. The maximum atomic E-state index is 10.2. The molecule has 1 saturated heterocycles. The van der Waals surface area contributed by atoms with Crippen molar-refractivity contribution in [3.63, 3.8) is 0 Å². The van der Waals surface area contributed by atoms with Crippen LogP contribution in [0.5, 0.6) is 5.75 Å². The Balaban J connectivity index is 1.79. The Hall–Kier alpha value is -1.10. The van der Waals surface area contributed by atoms with Crippen LogP contribution < -0.4 is 4.74 Å². The summed E-state index contributed by atoms with van der Waals surface area (Å²) >= 11 is 0. The van der Waals surface area contributed by atoms with E-state index in [0.29, 0.717) is 13.2 Å². The fourth-order valence-corrected chi connectivity index (χ4v) is 2.78. The van der Waals surface area contributed by atoms with Gasteiger partial charge in [0.25, 0.3) is 0 Å². The number of hydrogen-bond donors (Lipinski definition) is 1. The number of aryl methyl sites for hydroxylation is 2. The normalized spacial score (nSPS) is 24.8. The molecule has 1 heterocycles. The monoisotopic (exact) mass is 293 g/mol. The van der Waals surface area contributed by atoms with Crippen LogP contribution in [0.1, 0.15) is 25.0 Å². The van der Waals surface area contributed by atoms with Crippen LogP contribution in [0.25, 0.3) is 0 Å². The van der Waals surface area contributed by atoms with Crippen molar-refractivity contribution in [1.29, 1.82) is 0 Å². The van der Waals surface area contributed by atoms with Crippen LogP contribution in [0.15, 0.2) is 18.2 Å². The quantitative estimate of drug-likeness (QED) is 0.903. The number of ether oxygens (including phenoxy) is 2. The molecule has 0 aromatic heterocycles. The summed E-state index contributed by atoms with van der Waals surface area (Å²) < 4.78 is 11.4. The molecule has 0 saturated carbocycles. The third-order valence-electron chi connectivity index (χ3n) is 3.88. The Morgan fingerprint density at radius 2 is 1.90 bits per heavy atom. The van der Waals surface area contributed by atoms with Crippen molar-refractivity contribution in [2.75, 3.05) is 26.2 Å². The van der Waals surface area contributed by atoms with Gasteiger partial charge in [-0.15, -0.1) is 0 Å². The van der Waals surface area contributed by atoms with Gasteiger partial charge in [-0.05, 0) is 51.0 Å². The first-order valence-electron chi connectivity index (χ1n) is 7.70. The first-order chi connectivity index (χ1) is 9.94. The minimum absolute atomic E-state index is 0.224. The highest BCUT2D eigenvalue weighted by Gasteiger charge is 2.23. The van der Waals surface area contributed by atoms with Crippen molar-refractivity contribution < 1.29 is 14.6 Å². The highest BCUT2D eigenvalue weighted by Crippen LogP contribution is 2.17. The topological polar surface area (TPSA) is 41.9 Å². The van der Waals surface area contributed by atoms with Crippen LogP contribution in [0.2, 0.25) is 0 Å². The van der Waals surface area contributed by atoms with Gasteiger partial charge in [0.1, 0.15) is 18.5 Å². The van der Waals surface area contributed by atoms with Crippen LogP contribution in [-0.4, -0.2) is 54.6 Å². The smallest absolute Gasteiger partial charge is 0.119 e. The molecule has 0 aliphatic carbocycles. The molecule has 1 N–H and O–H groups in total. The summed E-state index contributed by atoms with van der Waals surface area (Å²) in [5, 5.41) is 10.2. The lowest BCUT2D eigenvalue weighted by atomic mass is 10.1. The van der Waals surface area contributed by atoms with E-state index in [1.807, 2.05) is 18.2 Å². The van der Waals surface area contributed by atoms with Gasteiger partial charge in [-0.3, -0.25) is 4.90 Å². The Morgan fingerprint density at radius 1 is 1.24 bits per heavy atom. The second-order valence-corrected chi connectivity index (χ2v) is 6.19. The largest absolute Gasteiger partial charge is 0.491 e. The van der Waals surface area contributed by atoms with E-state index in [1.165, 1.54) is 11.1 Å². The van der Waals surface area contributed by atoms with E-state index in [2.05, 4.69) is 32.6 Å². The molecule has 0 bridgehead atoms. The van der Waals surface area contributed by atoms with Crippen molar-refractivity contribution in [3.8, 4) is 5.75 Å². The number of morpholine rings is 1. The van der Waals surface area contributed by atoms with Gasteiger partial charge >= 0.3 is 0 Å². The first kappa shape index (κ1) is 16.3. The minimum Gasteiger partial charge on any atom is -0.491 e. The Kier molecular flexibility index (Phi) is 5.62. The Morgan fingerprint density at radius 3 is 2.52 bits per heavy atom. The predicted octanol–water partition coefficient (Wildman–Crippen LogP) is 2.15. The third-order valence-corrected chi connectivity index (χ3v) is 3.88. The molecule has 1 aliphatic heterocycles. The molecule has 0 amide bonds. The number of hydrogen-bond acceptors (Lipinski definition) is 4. The Bertz CT molecular complexity index is 453. The number of rotatable bonds is 5. The summed E-state index contributed by atoms with van der Waals surface area (Å²) in [6, 6.07) is 6.01. The van der Waals surface area contributed by atoms with Crippen LogP contribution in [0.3, 0.4) is 0 Å². The van der Waals surface area contributed by atoms with Crippen LogP contribution in [0.4, 0.5) is 0 Å². The van der Waals surface area contributed by atoms with E-state index in [-0.39, 0.29) is 12.2 Å². The van der Waals surface area contributed by atoms with Gasteiger partial charge in [-0.25, -0.2) is 0 Å². The SMILES string of the molecule is Cc1ccc(OC[C@@H](O)CN2C[C@@H](C)O[C@@H](C)C2)cc1C. The summed E-state index contributed by atoms with van der Waals surface area (Å²) in [5.41, 5.74) is 2.46. The second kappa shape index (κ2) is 7.25. The zero-order valence-electron chi connectivity index (χ0n) is 13.5. The number of nitrogens with zero attached hydrogens (tertiary/aromatic N) is 1. The fourth-order valence-electron chi connectivity index (χ4n) is 2.78. The molecule has 21 heavy (non-hydrogen) atoms. The average Bonchev–Trinajstić information content (AvgIpc) is 2.39. The molecule has 0 spiro atoms. The number of aliphatic hydroxyl groups is 1. The van der Waals surface area contributed by atoms with Gasteiger partial charge in [0.15, 0.2) is 0 Å². The molecule has 1 aromatic rings. The van der Waals surface area contributed by atoms with Gasteiger partial charge in [-0.1, -0.05) is 6.07 Å². The summed E-state index contributed by atoms with van der Waals surface area (Å²) in [5.74, 6) is 0.820. The molecule has 3 atom stereocenters. The van der Waals surface area contributed by atoms with Crippen molar-refractivity contribution in [1.82, 2.24) is 4.90 Å². The maximum Gasteiger partial charge on any atom is 0.119 e. The highest BCUT2D eigenvalue weighted by atomic mass is 16.5. The molecule has 0 radical (unpaired) electrons. The molecule has 1 aromatic carbocycles. The van der Waals surface area contributed by atoms with Gasteiger partial charge in [-0.2, -0.15) is 0 Å². The average molecular weight is 293 g/mol. The number of aliphatic hydroxyl groups excluding tert-OH is 1. The molecular formula is C17H27NO3. The molecule has 1 fully saturated rings. The van der Waals surface area contributed by atoms with Crippen molar-refractivity contribution in [3.05, 3.63) is 29.3 Å². The molecular weight excluding hydrogens is 266 g/mol. The van der Waals surface area contributed by atoms with E-state index >= 15 is 0 Å². The van der Waals surface area contributed by atoms with Gasteiger partial charge in [0.05, 0.1) is 12.2 Å². The molecule has 4 heteroatoms. The fraction of sp³-hybridized carbons (Fsp3) is 0.647. The lowest BCUT2D eigenvalue weighted by molar-refractivity contribution is -0.0786. The van der Waals surface area contributed by atoms with E-state index in [0.717, 1.165) is 18.8 Å². The summed E-state index contributed by atoms with van der Waals surface area (Å²) in [7, 11) is 0. The van der Waals surface area contributed by atoms with Crippen LogP contribution in [0, 0.1) is 13.8 Å². The molecule has 2 rings (SSSR count). The molecule has 4 nitrogen and oxygen atoms in total. The van der Waals surface area contributed by atoms with Crippen molar-refractivity contribution in [2.24, 2.45) is 0 Å². The molecule has 1 aliphatic rings. The van der Waals surface area contributed by atoms with Gasteiger partial charge in [0.2, 0.25) is 0 Å². The lowest BCUT2D eigenvalue weighted by Gasteiger charge is -2.36. The van der Waals surface area contributed by atoms with Gasteiger partial charge in [0, 0.05) is 19.6 Å². The van der Waals surface area contributed by atoms with Crippen LogP contribution >= 0.6 is 0 Å². The zero-order valence-corrected chi connectivity index (χ0v) is 13.5. The summed E-state index contributed by atoms with van der Waals surface area (Å²) in [6.45, 7) is 11.0. The Labute approximate surface area is 127 Å². The van der Waals surface area contributed by atoms with E-state index in [1.54, 1.807) is 0 Å². The van der Waals surface area contributed by atoms with Crippen LogP contribution in [-0.2, 0) is 4.74 Å². The lowest BCUT2D eigenvalue weighted by Crippen LogP contribution is -2.48. The number of benzene rings is 1. The number of β-amino-alcohol motifs (C(OH)–C–C–N with tert-alkyl or cyclic N) is 1. The molecule has 0 unspecified atom stereocenters. The van der Waals surface area contributed by atoms with E-state index in [9.17, 15) is 5.11 Å². The maximum absolute atomic E-state index is 10.2. The van der Waals surface area contributed by atoms with Gasteiger partial charge < -0.3 is 14.6 Å². The second-order valence-electron chi connectivity index (χ2n) is 6.19. The minimum atomic E-state index is -0.482. The van der Waals surface area contributed by atoms with E-state index in [4.69, 9.17) is 9.47 Å². The summed E-state index contributed by atoms with van der Waals surface area (Å²) in [4.78, 5) is 2.24. The van der Waals surface area contributed by atoms with E-state index < -0.39 is 6.10 Å². The first-order valence-corrected chi connectivity index (χ1v) is 7.70. The predicted molar refractivity (Wildman–Crippen MR) is 83.9 cm³/mol. The standard InChI is InChI=1S/C17H27NO3/c1-12-5-6-17(7-13(12)2)20-11-16(19)10-18-8-14(3)21-15(4)9-18/h5-7,14-16,19H,8-11H2,1-4H3/t14-,15+,16-/m0/s1. The van der Waals surface area contributed by atoms with Crippen molar-refractivity contribution in [2.45, 2.75) is 46.0 Å². The molecule has 118 valence electrons.